The van der Waals surface area contributed by atoms with E-state index in [1.807, 2.05) is 79.6 Å². The van der Waals surface area contributed by atoms with Crippen LogP contribution in [0.15, 0.2) is 53.4 Å². The maximum atomic E-state index is 12.3. The molecule has 0 aromatic heterocycles. The molecule has 0 atom stereocenters. The third-order valence-corrected chi connectivity index (χ3v) is 4.31. The van der Waals surface area contributed by atoms with E-state index in [4.69, 9.17) is 0 Å². The summed E-state index contributed by atoms with van der Waals surface area (Å²) in [5, 5.41) is 0. The van der Waals surface area contributed by atoms with Gasteiger partial charge in [0.05, 0.1) is 16.3 Å². The van der Waals surface area contributed by atoms with Crippen molar-refractivity contribution < 1.29 is 8.42 Å². The molecule has 0 heterocycles. The standard InChI is InChI=1S/C15H18N2O2S.3C2H6/c1-12-9-10-14(15(11-12)17(2)3)16-20(18,19)13-7-5-4-6-8-13;3*1-2/h4-11,16H,1-3H3;3*1-2H3. The Bertz CT molecular complexity index is 697. The Hall–Kier alpha value is -2.01. The smallest absolute Gasteiger partial charge is 0.261 e. The summed E-state index contributed by atoms with van der Waals surface area (Å²) in [5.74, 6) is 0. The predicted octanol–water partition coefficient (Wildman–Crippen LogP) is 5.94. The van der Waals surface area contributed by atoms with Crippen LogP contribution in [-0.2, 0) is 10.0 Å². The van der Waals surface area contributed by atoms with E-state index in [9.17, 15) is 8.42 Å². The molecule has 0 aliphatic carbocycles. The van der Waals surface area contributed by atoms with Crippen LogP contribution in [0.2, 0.25) is 0 Å². The van der Waals surface area contributed by atoms with Crippen LogP contribution >= 0.6 is 0 Å². The van der Waals surface area contributed by atoms with Crippen molar-refractivity contribution in [3.05, 3.63) is 54.1 Å². The van der Waals surface area contributed by atoms with Gasteiger partial charge in [0, 0.05) is 14.1 Å². The fraction of sp³-hybridized carbons (Fsp3) is 0.429. The summed E-state index contributed by atoms with van der Waals surface area (Å²) in [7, 11) is 0.209. The Kier molecular flexibility index (Phi) is 14.3. The number of nitrogens with zero attached hydrogens (tertiary/aromatic N) is 1. The lowest BCUT2D eigenvalue weighted by molar-refractivity contribution is 0.601. The molecule has 0 saturated carbocycles. The van der Waals surface area contributed by atoms with Crippen LogP contribution in [-0.4, -0.2) is 22.5 Å². The lowest BCUT2D eigenvalue weighted by Crippen LogP contribution is -2.17. The highest BCUT2D eigenvalue weighted by molar-refractivity contribution is 7.92. The van der Waals surface area contributed by atoms with E-state index >= 15 is 0 Å². The van der Waals surface area contributed by atoms with Gasteiger partial charge >= 0.3 is 0 Å². The first-order chi connectivity index (χ1) is 12.4. The Morgan fingerprint density at radius 3 is 1.77 bits per heavy atom. The zero-order chi connectivity index (χ0) is 20.8. The molecule has 0 fully saturated rings. The number of sulfonamides is 1. The Morgan fingerprint density at radius 2 is 1.31 bits per heavy atom. The van der Waals surface area contributed by atoms with Crippen molar-refractivity contribution in [3.8, 4) is 0 Å². The van der Waals surface area contributed by atoms with E-state index in [0.717, 1.165) is 11.3 Å². The minimum absolute atomic E-state index is 0.255. The van der Waals surface area contributed by atoms with E-state index in [2.05, 4.69) is 4.72 Å². The van der Waals surface area contributed by atoms with Gasteiger partial charge in [-0.05, 0) is 36.8 Å². The minimum Gasteiger partial charge on any atom is -0.376 e. The molecule has 0 spiro atoms. The monoisotopic (exact) mass is 380 g/mol. The number of hydrogen-bond acceptors (Lipinski definition) is 3. The van der Waals surface area contributed by atoms with Crippen LogP contribution in [0.5, 0.6) is 0 Å². The molecular formula is C21H36N2O2S. The lowest BCUT2D eigenvalue weighted by atomic mass is 10.2. The maximum absolute atomic E-state index is 12.3. The van der Waals surface area contributed by atoms with Crippen molar-refractivity contribution in [1.29, 1.82) is 0 Å². The van der Waals surface area contributed by atoms with Gasteiger partial charge in [-0.15, -0.1) is 0 Å². The molecule has 148 valence electrons. The van der Waals surface area contributed by atoms with E-state index in [1.54, 1.807) is 36.4 Å². The van der Waals surface area contributed by atoms with Crippen LogP contribution in [0.3, 0.4) is 0 Å². The minimum atomic E-state index is -3.56. The first kappa shape index (κ1) is 26.2. The average Bonchev–Trinajstić information content (AvgIpc) is 2.68. The number of aryl methyl sites for hydroxylation is 1. The number of anilines is 2. The molecule has 2 rings (SSSR count). The third kappa shape index (κ3) is 8.39. The molecule has 0 saturated heterocycles. The number of hydrogen-bond donors (Lipinski definition) is 1. The van der Waals surface area contributed by atoms with Crippen molar-refractivity contribution in [3.63, 3.8) is 0 Å². The molecule has 0 amide bonds. The highest BCUT2D eigenvalue weighted by atomic mass is 32.2. The molecule has 2 aromatic carbocycles. The van der Waals surface area contributed by atoms with Crippen molar-refractivity contribution in [2.45, 2.75) is 53.4 Å². The van der Waals surface area contributed by atoms with Crippen molar-refractivity contribution in [2.24, 2.45) is 0 Å². The van der Waals surface area contributed by atoms with Gasteiger partial charge in [0.25, 0.3) is 10.0 Å². The second-order valence-corrected chi connectivity index (χ2v) is 6.52. The lowest BCUT2D eigenvalue weighted by Gasteiger charge is -2.19. The SMILES string of the molecule is CC.CC.CC.Cc1ccc(NS(=O)(=O)c2ccccc2)c(N(C)C)c1. The molecule has 0 aliphatic heterocycles. The summed E-state index contributed by atoms with van der Waals surface area (Å²) in [5.41, 5.74) is 2.49. The predicted molar refractivity (Wildman–Crippen MR) is 117 cm³/mol. The second kappa shape index (κ2) is 14.2. The molecule has 1 N–H and O–H groups in total. The third-order valence-electron chi connectivity index (χ3n) is 2.93. The van der Waals surface area contributed by atoms with Crippen LogP contribution in [0.25, 0.3) is 0 Å². The average molecular weight is 381 g/mol. The van der Waals surface area contributed by atoms with Gasteiger partial charge in [-0.1, -0.05) is 65.8 Å². The molecular weight excluding hydrogens is 344 g/mol. The Balaban J connectivity index is 0. The van der Waals surface area contributed by atoms with Crippen LogP contribution in [0.4, 0.5) is 11.4 Å². The highest BCUT2D eigenvalue weighted by Crippen LogP contribution is 2.27. The second-order valence-electron chi connectivity index (χ2n) is 4.83. The summed E-state index contributed by atoms with van der Waals surface area (Å²) in [6.45, 7) is 14.0. The summed E-state index contributed by atoms with van der Waals surface area (Å²) in [4.78, 5) is 2.14. The molecule has 5 heteroatoms. The van der Waals surface area contributed by atoms with E-state index in [1.165, 1.54) is 0 Å². The van der Waals surface area contributed by atoms with Crippen molar-refractivity contribution in [1.82, 2.24) is 0 Å². The summed E-state index contributed by atoms with van der Waals surface area (Å²) < 4.78 is 27.3. The zero-order valence-electron chi connectivity index (χ0n) is 17.8. The fourth-order valence-corrected chi connectivity index (χ4v) is 3.00. The van der Waals surface area contributed by atoms with Gasteiger partial charge in [0.2, 0.25) is 0 Å². The fourth-order valence-electron chi connectivity index (χ4n) is 1.90. The van der Waals surface area contributed by atoms with Crippen LogP contribution < -0.4 is 9.62 Å². The molecule has 4 nitrogen and oxygen atoms in total. The van der Waals surface area contributed by atoms with Gasteiger partial charge in [-0.2, -0.15) is 0 Å². The zero-order valence-corrected chi connectivity index (χ0v) is 18.6. The van der Waals surface area contributed by atoms with Gasteiger partial charge in [-0.3, -0.25) is 4.72 Å². The number of nitrogens with one attached hydrogen (secondary N) is 1. The quantitative estimate of drug-likeness (QED) is 0.714. The van der Waals surface area contributed by atoms with Gasteiger partial charge in [-0.25, -0.2) is 8.42 Å². The first-order valence-corrected chi connectivity index (χ1v) is 10.7. The maximum Gasteiger partial charge on any atom is 0.261 e. The first-order valence-electron chi connectivity index (χ1n) is 9.26. The van der Waals surface area contributed by atoms with Crippen LogP contribution in [0.1, 0.15) is 47.1 Å². The molecule has 0 unspecified atom stereocenters. The van der Waals surface area contributed by atoms with E-state index in [-0.39, 0.29) is 4.90 Å². The van der Waals surface area contributed by atoms with Crippen molar-refractivity contribution in [2.75, 3.05) is 23.7 Å². The van der Waals surface area contributed by atoms with E-state index in [0.29, 0.717) is 5.69 Å². The van der Waals surface area contributed by atoms with Crippen molar-refractivity contribution >= 4 is 21.4 Å². The molecule has 0 aliphatic rings. The normalized spacial score (nSPS) is 9.27. The summed E-state index contributed by atoms with van der Waals surface area (Å²) in [6, 6.07) is 14.0. The highest BCUT2D eigenvalue weighted by Gasteiger charge is 2.16. The molecule has 0 radical (unpaired) electrons. The largest absolute Gasteiger partial charge is 0.376 e. The molecule has 0 bridgehead atoms. The summed E-state index contributed by atoms with van der Waals surface area (Å²) >= 11 is 0. The summed E-state index contributed by atoms with van der Waals surface area (Å²) in [6.07, 6.45) is 0. The number of benzene rings is 2. The van der Waals surface area contributed by atoms with Gasteiger partial charge < -0.3 is 4.90 Å². The Morgan fingerprint density at radius 1 is 0.808 bits per heavy atom. The Labute approximate surface area is 161 Å². The topological polar surface area (TPSA) is 49.4 Å². The van der Waals surface area contributed by atoms with E-state index < -0.39 is 10.0 Å². The van der Waals surface area contributed by atoms with Gasteiger partial charge in [0.15, 0.2) is 0 Å². The van der Waals surface area contributed by atoms with Crippen LogP contribution in [0, 0.1) is 6.92 Å². The molecule has 2 aromatic rings. The van der Waals surface area contributed by atoms with Gasteiger partial charge in [0.1, 0.15) is 0 Å². The molecule has 26 heavy (non-hydrogen) atoms. The number of rotatable bonds is 4.